The molecule has 0 amide bonds. The number of carbonyl (C=O) groups is 1. The lowest BCUT2D eigenvalue weighted by molar-refractivity contribution is 0.0336. The van der Waals surface area contributed by atoms with E-state index in [2.05, 4.69) is 20.4 Å². The summed E-state index contributed by atoms with van der Waals surface area (Å²) in [5.41, 5.74) is 0.621. The maximum atomic E-state index is 11.3. The van der Waals surface area contributed by atoms with Crippen molar-refractivity contribution in [2.45, 2.75) is 6.35 Å². The van der Waals surface area contributed by atoms with Gasteiger partial charge in [0.15, 0.2) is 5.69 Å². The van der Waals surface area contributed by atoms with Gasteiger partial charge in [0.2, 0.25) is 6.35 Å². The minimum Gasteiger partial charge on any atom is -0.476 e. The van der Waals surface area contributed by atoms with E-state index in [1.54, 1.807) is 0 Å². The molecule has 3 rings (SSSR count). The van der Waals surface area contributed by atoms with Crippen LogP contribution in [-0.2, 0) is 4.74 Å². The summed E-state index contributed by atoms with van der Waals surface area (Å²) in [7, 11) is 0. The highest BCUT2D eigenvalue weighted by atomic mass is 16.5. The van der Waals surface area contributed by atoms with Crippen LogP contribution < -0.4 is 5.32 Å². The molecule has 1 atom stereocenters. The van der Waals surface area contributed by atoms with Crippen LogP contribution in [-0.4, -0.2) is 44.0 Å². The molecule has 2 N–H and O–H groups in total. The van der Waals surface area contributed by atoms with Gasteiger partial charge < -0.3 is 9.84 Å². The SMILES string of the molecule is N#Cc1cc(-c2cn(C3NCCO3)nc2C(=O)O)ncn1. The van der Waals surface area contributed by atoms with E-state index in [0.717, 1.165) is 0 Å². The molecule has 2 aromatic heterocycles. The maximum Gasteiger partial charge on any atom is 0.357 e. The van der Waals surface area contributed by atoms with Crippen LogP contribution in [0.4, 0.5) is 0 Å². The minimum atomic E-state index is -1.18. The Morgan fingerprint density at radius 3 is 3.10 bits per heavy atom. The Labute approximate surface area is 118 Å². The fourth-order valence-corrected chi connectivity index (χ4v) is 2.00. The smallest absolute Gasteiger partial charge is 0.357 e. The molecule has 1 fully saturated rings. The Balaban J connectivity index is 2.07. The molecule has 0 aromatic carbocycles. The quantitative estimate of drug-likeness (QED) is 0.806. The van der Waals surface area contributed by atoms with Gasteiger partial charge in [-0.25, -0.2) is 19.4 Å². The first-order valence-electron chi connectivity index (χ1n) is 6.09. The van der Waals surface area contributed by atoms with Crippen LogP contribution in [0.5, 0.6) is 0 Å². The number of ether oxygens (including phenoxy) is 1. The summed E-state index contributed by atoms with van der Waals surface area (Å²) in [6.45, 7) is 1.18. The molecule has 2 aromatic rings. The fraction of sp³-hybridized carbons (Fsp3) is 0.250. The summed E-state index contributed by atoms with van der Waals surface area (Å²) in [4.78, 5) is 19.1. The van der Waals surface area contributed by atoms with Crippen LogP contribution >= 0.6 is 0 Å². The van der Waals surface area contributed by atoms with E-state index in [-0.39, 0.29) is 11.4 Å². The first-order valence-corrected chi connectivity index (χ1v) is 6.09. The van der Waals surface area contributed by atoms with Crippen molar-refractivity contribution >= 4 is 5.97 Å². The molecule has 1 unspecified atom stereocenters. The zero-order valence-electron chi connectivity index (χ0n) is 10.7. The number of nitrogens with zero attached hydrogens (tertiary/aromatic N) is 5. The molecule has 0 saturated carbocycles. The predicted octanol–water partition coefficient (Wildman–Crippen LogP) is -0.0141. The van der Waals surface area contributed by atoms with Gasteiger partial charge in [0.1, 0.15) is 18.1 Å². The van der Waals surface area contributed by atoms with E-state index < -0.39 is 12.3 Å². The molecule has 21 heavy (non-hydrogen) atoms. The normalized spacial score (nSPS) is 17.6. The minimum absolute atomic E-state index is 0.152. The average molecular weight is 286 g/mol. The highest BCUT2D eigenvalue weighted by Crippen LogP contribution is 2.23. The molecule has 0 spiro atoms. The van der Waals surface area contributed by atoms with Gasteiger partial charge >= 0.3 is 5.97 Å². The van der Waals surface area contributed by atoms with Gasteiger partial charge in [-0.1, -0.05) is 0 Å². The Morgan fingerprint density at radius 2 is 2.43 bits per heavy atom. The molecular formula is C12H10N6O3. The largest absolute Gasteiger partial charge is 0.476 e. The maximum absolute atomic E-state index is 11.3. The molecule has 0 radical (unpaired) electrons. The third-order valence-electron chi connectivity index (χ3n) is 2.93. The van der Waals surface area contributed by atoms with E-state index in [1.165, 1.54) is 23.3 Å². The fourth-order valence-electron chi connectivity index (χ4n) is 2.00. The van der Waals surface area contributed by atoms with Crippen molar-refractivity contribution in [3.8, 4) is 17.3 Å². The summed E-state index contributed by atoms with van der Waals surface area (Å²) in [5, 5.41) is 25.2. The van der Waals surface area contributed by atoms with Gasteiger partial charge in [-0.05, 0) is 0 Å². The van der Waals surface area contributed by atoms with E-state index in [0.29, 0.717) is 24.4 Å². The van der Waals surface area contributed by atoms with Gasteiger partial charge in [-0.3, -0.25) is 5.32 Å². The van der Waals surface area contributed by atoms with Crippen molar-refractivity contribution in [3.05, 3.63) is 30.0 Å². The van der Waals surface area contributed by atoms with Gasteiger partial charge in [0, 0.05) is 18.8 Å². The van der Waals surface area contributed by atoms with Crippen LogP contribution in [0.3, 0.4) is 0 Å². The molecule has 9 nitrogen and oxygen atoms in total. The van der Waals surface area contributed by atoms with Gasteiger partial charge in [-0.2, -0.15) is 10.4 Å². The third-order valence-corrected chi connectivity index (χ3v) is 2.93. The van der Waals surface area contributed by atoms with Crippen LogP contribution in [0.15, 0.2) is 18.6 Å². The third kappa shape index (κ3) is 2.45. The molecule has 0 bridgehead atoms. The standard InChI is InChI=1S/C12H10N6O3/c13-4-7-3-9(16-6-15-7)8-5-18(12-14-1-2-21-12)17-10(8)11(19)20/h3,5-6,12,14H,1-2H2,(H,19,20). The van der Waals surface area contributed by atoms with Crippen LogP contribution in [0.25, 0.3) is 11.3 Å². The number of carboxylic acids is 1. The molecule has 1 saturated heterocycles. The number of aromatic carboxylic acids is 1. The number of carboxylic acid groups (broad SMARTS) is 1. The lowest BCUT2D eigenvalue weighted by Gasteiger charge is -2.08. The van der Waals surface area contributed by atoms with Crippen LogP contribution in [0.2, 0.25) is 0 Å². The Bertz CT molecular complexity index is 729. The lowest BCUT2D eigenvalue weighted by atomic mass is 10.1. The van der Waals surface area contributed by atoms with Gasteiger partial charge in [0.25, 0.3) is 0 Å². The van der Waals surface area contributed by atoms with E-state index in [9.17, 15) is 9.90 Å². The van der Waals surface area contributed by atoms with Crippen LogP contribution in [0.1, 0.15) is 22.5 Å². The van der Waals surface area contributed by atoms with Crippen LogP contribution in [0, 0.1) is 11.3 Å². The van der Waals surface area contributed by atoms with Crippen molar-refractivity contribution in [1.82, 2.24) is 25.1 Å². The number of hydrogen-bond acceptors (Lipinski definition) is 7. The van der Waals surface area contributed by atoms with Crippen molar-refractivity contribution in [1.29, 1.82) is 5.26 Å². The second kappa shape index (κ2) is 5.28. The highest BCUT2D eigenvalue weighted by Gasteiger charge is 2.24. The molecule has 0 aliphatic carbocycles. The van der Waals surface area contributed by atoms with Crippen molar-refractivity contribution in [2.24, 2.45) is 0 Å². The Hall–Kier alpha value is -2.83. The average Bonchev–Trinajstić information content (AvgIpc) is 3.16. The Kier molecular flexibility index (Phi) is 3.31. The van der Waals surface area contributed by atoms with Gasteiger partial charge in [0.05, 0.1) is 17.9 Å². The van der Waals surface area contributed by atoms with E-state index in [1.807, 2.05) is 6.07 Å². The first kappa shape index (κ1) is 13.2. The number of nitriles is 1. The van der Waals surface area contributed by atoms with E-state index >= 15 is 0 Å². The summed E-state index contributed by atoms with van der Waals surface area (Å²) in [5.74, 6) is -1.18. The summed E-state index contributed by atoms with van der Waals surface area (Å²) in [6, 6.07) is 3.30. The number of aromatic nitrogens is 4. The molecule has 9 heteroatoms. The molecule has 1 aliphatic rings. The molecule has 1 aliphatic heterocycles. The van der Waals surface area contributed by atoms with Crippen molar-refractivity contribution < 1.29 is 14.6 Å². The molecule has 106 valence electrons. The topological polar surface area (TPSA) is 126 Å². The van der Waals surface area contributed by atoms with Crippen molar-refractivity contribution in [3.63, 3.8) is 0 Å². The predicted molar refractivity (Wildman–Crippen MR) is 67.9 cm³/mol. The summed E-state index contributed by atoms with van der Waals surface area (Å²) in [6.07, 6.45) is 2.23. The lowest BCUT2D eigenvalue weighted by Crippen LogP contribution is -2.21. The number of rotatable bonds is 3. The second-order valence-corrected chi connectivity index (χ2v) is 4.25. The molecule has 3 heterocycles. The van der Waals surface area contributed by atoms with Gasteiger partial charge in [-0.15, -0.1) is 0 Å². The summed E-state index contributed by atoms with van der Waals surface area (Å²) >= 11 is 0. The zero-order chi connectivity index (χ0) is 14.8. The molecular weight excluding hydrogens is 276 g/mol. The second-order valence-electron chi connectivity index (χ2n) is 4.25. The van der Waals surface area contributed by atoms with E-state index in [4.69, 9.17) is 10.00 Å². The number of nitrogens with one attached hydrogen (secondary N) is 1. The van der Waals surface area contributed by atoms with Crippen molar-refractivity contribution in [2.75, 3.05) is 13.2 Å². The first-order chi connectivity index (χ1) is 10.2. The zero-order valence-corrected chi connectivity index (χ0v) is 10.7. The highest BCUT2D eigenvalue weighted by molar-refractivity contribution is 5.93. The number of hydrogen-bond donors (Lipinski definition) is 2. The Morgan fingerprint density at radius 1 is 1.57 bits per heavy atom. The monoisotopic (exact) mass is 286 g/mol. The summed E-state index contributed by atoms with van der Waals surface area (Å²) < 4.78 is 6.77.